The van der Waals surface area contributed by atoms with E-state index in [1.54, 1.807) is 0 Å². The highest BCUT2D eigenvalue weighted by Gasteiger charge is 2.19. The van der Waals surface area contributed by atoms with Gasteiger partial charge in [-0.05, 0) is 48.1 Å². The summed E-state index contributed by atoms with van der Waals surface area (Å²) in [5, 5.41) is 3.43. The highest BCUT2D eigenvalue weighted by atomic mass is 79.9. The van der Waals surface area contributed by atoms with Crippen LogP contribution in [0.5, 0.6) is 0 Å². The van der Waals surface area contributed by atoms with Crippen molar-refractivity contribution in [3.8, 4) is 0 Å². The van der Waals surface area contributed by atoms with Gasteiger partial charge in [-0.2, -0.15) is 0 Å². The van der Waals surface area contributed by atoms with Gasteiger partial charge >= 0.3 is 0 Å². The van der Waals surface area contributed by atoms with E-state index in [1.165, 1.54) is 13.0 Å². The molecule has 2 heterocycles. The van der Waals surface area contributed by atoms with Crippen LogP contribution in [0.15, 0.2) is 22.8 Å². The van der Waals surface area contributed by atoms with Crippen LogP contribution < -0.4 is 5.32 Å². The van der Waals surface area contributed by atoms with Crippen molar-refractivity contribution in [1.29, 1.82) is 0 Å². The van der Waals surface area contributed by atoms with Crippen molar-refractivity contribution in [2.24, 2.45) is 0 Å². The minimum atomic E-state index is 0.543. The number of halogens is 1. The summed E-state index contributed by atoms with van der Waals surface area (Å²) in [6.07, 6.45) is 1.20. The maximum absolute atomic E-state index is 4.35. The molecule has 3 nitrogen and oxygen atoms in total. The first kappa shape index (κ1) is 9.93. The molecule has 1 aliphatic rings. The van der Waals surface area contributed by atoms with E-state index in [2.05, 4.69) is 38.2 Å². The quantitative estimate of drug-likeness (QED) is 0.820. The number of hydrogen-bond acceptors (Lipinski definition) is 3. The lowest BCUT2D eigenvalue weighted by molar-refractivity contribution is 0.414. The van der Waals surface area contributed by atoms with E-state index in [0.29, 0.717) is 6.04 Å². The summed E-state index contributed by atoms with van der Waals surface area (Å²) in [6, 6.07) is 6.48. The minimum absolute atomic E-state index is 0.543. The summed E-state index contributed by atoms with van der Waals surface area (Å²) in [6.45, 7) is 2.28. The van der Waals surface area contributed by atoms with Gasteiger partial charge in [0.2, 0.25) is 0 Å². The van der Waals surface area contributed by atoms with Crippen LogP contribution in [-0.4, -0.2) is 36.1 Å². The van der Waals surface area contributed by atoms with Gasteiger partial charge in [-0.3, -0.25) is 0 Å². The normalized spacial score (nSPS) is 22.6. The van der Waals surface area contributed by atoms with Crippen LogP contribution in [0.25, 0.3) is 0 Å². The highest BCUT2D eigenvalue weighted by molar-refractivity contribution is 9.10. The third kappa shape index (κ3) is 2.45. The van der Waals surface area contributed by atoms with Crippen LogP contribution >= 0.6 is 15.9 Å². The Labute approximate surface area is 92.6 Å². The molecule has 0 aliphatic carbocycles. The molecule has 0 radical (unpaired) electrons. The Bertz CT molecular complexity index is 316. The van der Waals surface area contributed by atoms with E-state index in [0.717, 1.165) is 17.0 Å². The largest absolute Gasteiger partial charge is 0.366 e. The molecule has 1 unspecified atom stereocenters. The molecule has 1 fully saturated rings. The minimum Gasteiger partial charge on any atom is -0.366 e. The molecule has 0 bridgehead atoms. The third-order valence-electron chi connectivity index (χ3n) is 2.46. The second kappa shape index (κ2) is 4.28. The van der Waals surface area contributed by atoms with Crippen molar-refractivity contribution in [2.45, 2.75) is 12.5 Å². The van der Waals surface area contributed by atoms with Gasteiger partial charge in [0.15, 0.2) is 0 Å². The zero-order valence-electron chi connectivity index (χ0n) is 8.20. The Kier molecular flexibility index (Phi) is 3.03. The third-order valence-corrected chi connectivity index (χ3v) is 2.90. The van der Waals surface area contributed by atoms with Crippen molar-refractivity contribution < 1.29 is 0 Å². The average molecular weight is 256 g/mol. The van der Waals surface area contributed by atoms with Crippen LogP contribution in [0.1, 0.15) is 6.42 Å². The van der Waals surface area contributed by atoms with Crippen molar-refractivity contribution in [2.75, 3.05) is 25.5 Å². The first-order valence-electron chi connectivity index (χ1n) is 4.82. The maximum Gasteiger partial charge on any atom is 0.127 e. The van der Waals surface area contributed by atoms with Crippen LogP contribution in [0.3, 0.4) is 0 Å². The molecule has 14 heavy (non-hydrogen) atoms. The van der Waals surface area contributed by atoms with E-state index in [1.807, 2.05) is 18.2 Å². The van der Waals surface area contributed by atoms with Gasteiger partial charge in [0, 0.05) is 12.6 Å². The van der Waals surface area contributed by atoms with Gasteiger partial charge in [0.1, 0.15) is 10.4 Å². The Balaban J connectivity index is 1.97. The highest BCUT2D eigenvalue weighted by Crippen LogP contribution is 2.15. The van der Waals surface area contributed by atoms with E-state index in [-0.39, 0.29) is 0 Å². The molecule has 1 aliphatic heterocycles. The number of hydrogen-bond donors (Lipinski definition) is 1. The van der Waals surface area contributed by atoms with Crippen LogP contribution in [0, 0.1) is 0 Å². The lowest BCUT2D eigenvalue weighted by atomic mass is 10.2. The molecule has 1 N–H and O–H groups in total. The molecule has 0 aromatic carbocycles. The summed E-state index contributed by atoms with van der Waals surface area (Å²) >= 11 is 3.36. The molecular formula is C10H14BrN3. The van der Waals surface area contributed by atoms with Gasteiger partial charge in [0.05, 0.1) is 0 Å². The van der Waals surface area contributed by atoms with Gasteiger partial charge < -0.3 is 10.2 Å². The van der Waals surface area contributed by atoms with Crippen LogP contribution in [-0.2, 0) is 0 Å². The zero-order valence-corrected chi connectivity index (χ0v) is 9.79. The summed E-state index contributed by atoms with van der Waals surface area (Å²) in [5.41, 5.74) is 0. The van der Waals surface area contributed by atoms with Gasteiger partial charge in [-0.1, -0.05) is 6.07 Å². The van der Waals surface area contributed by atoms with Gasteiger partial charge in [-0.15, -0.1) is 0 Å². The smallest absolute Gasteiger partial charge is 0.127 e. The Morgan fingerprint density at radius 3 is 3.07 bits per heavy atom. The fraction of sp³-hybridized carbons (Fsp3) is 0.500. The zero-order chi connectivity index (χ0) is 9.97. The van der Waals surface area contributed by atoms with E-state index in [4.69, 9.17) is 0 Å². The molecule has 4 heteroatoms. The van der Waals surface area contributed by atoms with Crippen LogP contribution in [0.2, 0.25) is 0 Å². The second-order valence-corrected chi connectivity index (χ2v) is 4.55. The molecule has 0 amide bonds. The lowest BCUT2D eigenvalue weighted by Crippen LogP contribution is -2.23. The Morgan fingerprint density at radius 2 is 2.43 bits per heavy atom. The first-order valence-corrected chi connectivity index (χ1v) is 5.61. The molecule has 2 rings (SSSR count). The molecular weight excluding hydrogens is 242 g/mol. The molecule has 1 aromatic heterocycles. The SMILES string of the molecule is CN1CCC(Nc2cccc(Br)n2)C1. The summed E-state index contributed by atoms with van der Waals surface area (Å²) in [4.78, 5) is 6.68. The monoisotopic (exact) mass is 255 g/mol. The summed E-state index contributed by atoms with van der Waals surface area (Å²) < 4.78 is 0.883. The number of likely N-dealkylation sites (N-methyl/N-ethyl adjacent to an activating group) is 1. The van der Waals surface area contributed by atoms with E-state index in [9.17, 15) is 0 Å². The number of nitrogens with one attached hydrogen (secondary N) is 1. The molecule has 76 valence electrons. The molecule has 0 spiro atoms. The summed E-state index contributed by atoms with van der Waals surface area (Å²) in [5.74, 6) is 0.958. The van der Waals surface area contributed by atoms with Crippen molar-refractivity contribution in [1.82, 2.24) is 9.88 Å². The number of pyridine rings is 1. The number of anilines is 1. The van der Waals surface area contributed by atoms with Crippen molar-refractivity contribution in [3.63, 3.8) is 0 Å². The standard InChI is InChI=1S/C10H14BrN3/c1-14-6-5-8(7-14)12-10-4-2-3-9(11)13-10/h2-4,8H,5-7H2,1H3,(H,12,13). The van der Waals surface area contributed by atoms with Crippen molar-refractivity contribution >= 4 is 21.7 Å². The van der Waals surface area contributed by atoms with E-state index >= 15 is 0 Å². The van der Waals surface area contributed by atoms with Gasteiger partial charge in [-0.25, -0.2) is 4.98 Å². The summed E-state index contributed by atoms with van der Waals surface area (Å²) in [7, 11) is 2.15. The number of nitrogens with zero attached hydrogens (tertiary/aromatic N) is 2. The first-order chi connectivity index (χ1) is 6.74. The topological polar surface area (TPSA) is 28.2 Å². The lowest BCUT2D eigenvalue weighted by Gasteiger charge is -2.13. The Morgan fingerprint density at radius 1 is 1.57 bits per heavy atom. The van der Waals surface area contributed by atoms with E-state index < -0.39 is 0 Å². The Hall–Kier alpha value is -0.610. The van der Waals surface area contributed by atoms with Gasteiger partial charge in [0.25, 0.3) is 0 Å². The maximum atomic E-state index is 4.35. The predicted molar refractivity (Wildman–Crippen MR) is 61.5 cm³/mol. The molecule has 0 saturated carbocycles. The number of rotatable bonds is 2. The van der Waals surface area contributed by atoms with Crippen molar-refractivity contribution in [3.05, 3.63) is 22.8 Å². The fourth-order valence-corrected chi connectivity index (χ4v) is 2.09. The second-order valence-electron chi connectivity index (χ2n) is 3.74. The number of aromatic nitrogens is 1. The molecule has 1 saturated heterocycles. The van der Waals surface area contributed by atoms with Crippen LogP contribution in [0.4, 0.5) is 5.82 Å². The molecule has 1 atom stereocenters. The average Bonchev–Trinajstić information content (AvgIpc) is 2.51. The predicted octanol–water partition coefficient (Wildman–Crippen LogP) is 1.96. The molecule has 1 aromatic rings. The number of likely N-dealkylation sites (tertiary alicyclic amines) is 1. The fourth-order valence-electron chi connectivity index (χ4n) is 1.75.